The third-order valence-electron chi connectivity index (χ3n) is 5.28. The molecule has 3 aromatic carbocycles. The molecule has 7 nitrogen and oxygen atoms in total. The van der Waals surface area contributed by atoms with Gasteiger partial charge in [-0.1, -0.05) is 75.2 Å². The minimum atomic E-state index is 0.353. The fraction of sp³-hybridized carbons (Fsp3) is 0.269. The number of nitrogens with one attached hydrogen (secondary N) is 1. The van der Waals surface area contributed by atoms with Crippen LogP contribution in [-0.2, 0) is 13.2 Å². The molecule has 0 saturated carbocycles. The fourth-order valence-electron chi connectivity index (χ4n) is 3.47. The second-order valence-corrected chi connectivity index (χ2v) is 10.7. The van der Waals surface area contributed by atoms with Gasteiger partial charge in [0, 0.05) is 16.8 Å². The molecule has 0 aliphatic rings. The van der Waals surface area contributed by atoms with Crippen LogP contribution in [0.25, 0.3) is 5.69 Å². The predicted molar refractivity (Wildman–Crippen MR) is 152 cm³/mol. The Morgan fingerprint density at radius 3 is 2.59 bits per heavy atom. The van der Waals surface area contributed by atoms with Crippen LogP contribution >= 0.6 is 50.9 Å². The van der Waals surface area contributed by atoms with Crippen molar-refractivity contribution in [1.82, 2.24) is 25.5 Å². The lowest BCUT2D eigenvalue weighted by Crippen LogP contribution is -2.16. The van der Waals surface area contributed by atoms with E-state index in [1.165, 1.54) is 0 Å². The SMILES string of the molecule is CCOc1cc(CNCCCSc2nnnn2-c2ccccc2)c(Br)cc1OCc1ccc(Cl)c(Cl)c1. The van der Waals surface area contributed by atoms with E-state index >= 15 is 0 Å². The van der Waals surface area contributed by atoms with Gasteiger partial charge in [-0.25, -0.2) is 0 Å². The predicted octanol–water partition coefficient (Wildman–Crippen LogP) is 6.98. The Balaban J connectivity index is 1.27. The van der Waals surface area contributed by atoms with Gasteiger partial charge in [-0.2, -0.15) is 4.68 Å². The van der Waals surface area contributed by atoms with E-state index in [2.05, 4.69) is 36.8 Å². The van der Waals surface area contributed by atoms with Crippen molar-refractivity contribution in [2.45, 2.75) is 31.7 Å². The second-order valence-electron chi connectivity index (χ2n) is 7.95. The van der Waals surface area contributed by atoms with Crippen LogP contribution in [0, 0.1) is 0 Å². The van der Waals surface area contributed by atoms with Gasteiger partial charge in [0.1, 0.15) is 6.61 Å². The summed E-state index contributed by atoms with van der Waals surface area (Å²) in [6.07, 6.45) is 0.965. The van der Waals surface area contributed by atoms with Gasteiger partial charge < -0.3 is 14.8 Å². The highest BCUT2D eigenvalue weighted by Crippen LogP contribution is 2.35. The lowest BCUT2D eigenvalue weighted by atomic mass is 10.2. The van der Waals surface area contributed by atoms with E-state index in [4.69, 9.17) is 32.7 Å². The maximum absolute atomic E-state index is 6.12. The lowest BCUT2D eigenvalue weighted by molar-refractivity contribution is 0.269. The standard InChI is InChI=1S/C26H26BrCl2N5O2S/c1-2-35-24-14-19(21(27)15-25(24)36-17-18-9-10-22(28)23(29)13-18)16-30-11-6-12-37-26-31-32-33-34(26)20-7-4-3-5-8-20/h3-5,7-10,13-15,30H,2,6,11-12,16-17H2,1H3. The van der Waals surface area contributed by atoms with Crippen LogP contribution in [0.4, 0.5) is 0 Å². The zero-order valence-corrected chi connectivity index (χ0v) is 24.1. The first kappa shape index (κ1) is 27.7. The largest absolute Gasteiger partial charge is 0.490 e. The number of benzene rings is 3. The average Bonchev–Trinajstić information content (AvgIpc) is 3.38. The van der Waals surface area contributed by atoms with Crippen molar-refractivity contribution >= 4 is 50.9 Å². The maximum atomic E-state index is 6.12. The zero-order chi connectivity index (χ0) is 26.0. The first-order valence-corrected chi connectivity index (χ1v) is 14.3. The Labute approximate surface area is 239 Å². The van der Waals surface area contributed by atoms with Gasteiger partial charge in [0.25, 0.3) is 0 Å². The van der Waals surface area contributed by atoms with Crippen LogP contribution in [0.15, 0.2) is 70.3 Å². The molecule has 37 heavy (non-hydrogen) atoms. The lowest BCUT2D eigenvalue weighted by Gasteiger charge is -2.16. The van der Waals surface area contributed by atoms with Crippen molar-refractivity contribution in [2.75, 3.05) is 18.9 Å². The van der Waals surface area contributed by atoms with Crippen LogP contribution in [0.5, 0.6) is 11.5 Å². The van der Waals surface area contributed by atoms with Crippen molar-refractivity contribution in [2.24, 2.45) is 0 Å². The minimum absolute atomic E-state index is 0.353. The van der Waals surface area contributed by atoms with Gasteiger partial charge in [0.15, 0.2) is 11.5 Å². The topological polar surface area (TPSA) is 74.1 Å². The zero-order valence-electron chi connectivity index (χ0n) is 20.2. The molecular weight excluding hydrogens is 597 g/mol. The molecule has 194 valence electrons. The highest BCUT2D eigenvalue weighted by atomic mass is 79.9. The summed E-state index contributed by atoms with van der Waals surface area (Å²) in [5, 5.41) is 17.4. The summed E-state index contributed by atoms with van der Waals surface area (Å²) in [5.74, 6) is 2.26. The van der Waals surface area contributed by atoms with Crippen molar-refractivity contribution in [3.05, 3.63) is 86.3 Å². The third-order valence-corrected chi connectivity index (χ3v) is 7.76. The molecule has 11 heteroatoms. The molecule has 1 heterocycles. The first-order valence-electron chi connectivity index (χ1n) is 11.7. The van der Waals surface area contributed by atoms with Gasteiger partial charge in [-0.3, -0.25) is 0 Å². The third kappa shape index (κ3) is 7.85. The molecule has 0 bridgehead atoms. The summed E-state index contributed by atoms with van der Waals surface area (Å²) in [5.41, 5.74) is 2.97. The second kappa shape index (κ2) is 14.0. The molecule has 1 N–H and O–H groups in total. The Morgan fingerprint density at radius 2 is 1.81 bits per heavy atom. The van der Waals surface area contributed by atoms with E-state index in [0.29, 0.717) is 41.3 Å². The Morgan fingerprint density at radius 1 is 1.00 bits per heavy atom. The smallest absolute Gasteiger partial charge is 0.214 e. The summed E-state index contributed by atoms with van der Waals surface area (Å²) in [6, 6.07) is 19.3. The number of ether oxygens (including phenoxy) is 2. The molecule has 0 fully saturated rings. The number of thioether (sulfide) groups is 1. The molecule has 4 rings (SSSR count). The Bertz CT molecular complexity index is 1310. The minimum Gasteiger partial charge on any atom is -0.490 e. The number of nitrogens with zero attached hydrogens (tertiary/aromatic N) is 4. The van der Waals surface area contributed by atoms with Gasteiger partial charge in [-0.05, 0) is 77.8 Å². The molecule has 4 aromatic rings. The quantitative estimate of drug-likeness (QED) is 0.127. The normalized spacial score (nSPS) is 11.0. The summed E-state index contributed by atoms with van der Waals surface area (Å²) in [4.78, 5) is 0. The number of tetrazole rings is 1. The molecule has 0 amide bonds. The van der Waals surface area contributed by atoms with E-state index in [9.17, 15) is 0 Å². The molecule has 0 aliphatic heterocycles. The molecule has 0 unspecified atom stereocenters. The van der Waals surface area contributed by atoms with Crippen LogP contribution in [0.3, 0.4) is 0 Å². The summed E-state index contributed by atoms with van der Waals surface area (Å²) in [6.45, 7) is 4.39. The van der Waals surface area contributed by atoms with Crippen molar-refractivity contribution < 1.29 is 9.47 Å². The van der Waals surface area contributed by atoms with Gasteiger partial charge in [0.2, 0.25) is 5.16 Å². The number of halogens is 3. The number of hydrogen-bond acceptors (Lipinski definition) is 7. The van der Waals surface area contributed by atoms with E-state index in [-0.39, 0.29) is 0 Å². The van der Waals surface area contributed by atoms with Crippen LogP contribution < -0.4 is 14.8 Å². The molecule has 1 aromatic heterocycles. The summed E-state index contributed by atoms with van der Waals surface area (Å²) < 4.78 is 14.6. The first-order chi connectivity index (χ1) is 18.0. The molecule has 0 atom stereocenters. The van der Waals surface area contributed by atoms with Crippen molar-refractivity contribution in [3.63, 3.8) is 0 Å². The van der Waals surface area contributed by atoms with Crippen molar-refractivity contribution in [1.29, 1.82) is 0 Å². The Kier molecular flexibility index (Phi) is 10.5. The van der Waals surface area contributed by atoms with E-state index in [0.717, 1.165) is 45.2 Å². The number of hydrogen-bond donors (Lipinski definition) is 1. The molecule has 0 aliphatic carbocycles. The molecule has 0 radical (unpaired) electrons. The van der Waals surface area contributed by atoms with Crippen molar-refractivity contribution in [3.8, 4) is 17.2 Å². The van der Waals surface area contributed by atoms with E-state index < -0.39 is 0 Å². The van der Waals surface area contributed by atoms with Crippen LogP contribution in [0.2, 0.25) is 10.0 Å². The van der Waals surface area contributed by atoms with Crippen LogP contribution in [0.1, 0.15) is 24.5 Å². The monoisotopic (exact) mass is 621 g/mol. The highest BCUT2D eigenvalue weighted by Gasteiger charge is 2.12. The maximum Gasteiger partial charge on any atom is 0.214 e. The summed E-state index contributed by atoms with van der Waals surface area (Å²) >= 11 is 17.4. The van der Waals surface area contributed by atoms with E-state index in [1.54, 1.807) is 28.6 Å². The molecular formula is C26H26BrCl2N5O2S. The van der Waals surface area contributed by atoms with E-state index in [1.807, 2.05) is 55.5 Å². The molecule has 0 spiro atoms. The average molecular weight is 623 g/mol. The highest BCUT2D eigenvalue weighted by molar-refractivity contribution is 9.10. The van der Waals surface area contributed by atoms with Gasteiger partial charge >= 0.3 is 0 Å². The van der Waals surface area contributed by atoms with Gasteiger partial charge in [-0.15, -0.1) is 5.10 Å². The number of rotatable bonds is 13. The number of para-hydroxylation sites is 1. The number of aromatic nitrogens is 4. The van der Waals surface area contributed by atoms with Gasteiger partial charge in [0.05, 0.1) is 22.3 Å². The Hall–Kier alpha value is -2.30. The molecule has 0 saturated heterocycles. The van der Waals surface area contributed by atoms with Crippen LogP contribution in [-0.4, -0.2) is 39.1 Å². The summed E-state index contributed by atoms with van der Waals surface area (Å²) in [7, 11) is 0. The fourth-order valence-corrected chi connectivity index (χ4v) is 5.08.